The van der Waals surface area contributed by atoms with E-state index < -0.39 is 0 Å². The van der Waals surface area contributed by atoms with Gasteiger partial charge in [0.1, 0.15) is 0 Å². The first-order valence-corrected chi connectivity index (χ1v) is 12.2. The topological polar surface area (TPSA) is 88.2 Å². The third-order valence-electron chi connectivity index (χ3n) is 6.08. The van der Waals surface area contributed by atoms with E-state index in [9.17, 15) is 14.4 Å². The zero-order valence-electron chi connectivity index (χ0n) is 19.6. The van der Waals surface area contributed by atoms with Crippen LogP contribution in [-0.4, -0.2) is 73.8 Å². The van der Waals surface area contributed by atoms with Crippen LogP contribution < -0.4 is 14.8 Å². The normalized spacial score (nSPS) is 18.7. The Morgan fingerprint density at radius 1 is 1.15 bits per heavy atom. The number of thioether (sulfide) groups is 1. The lowest BCUT2D eigenvalue weighted by Crippen LogP contribution is -2.43. The molecule has 0 spiro atoms. The number of benzene rings is 1. The van der Waals surface area contributed by atoms with E-state index in [0.717, 1.165) is 30.2 Å². The second-order valence-corrected chi connectivity index (χ2v) is 9.35. The van der Waals surface area contributed by atoms with Gasteiger partial charge in [-0.05, 0) is 55.4 Å². The van der Waals surface area contributed by atoms with Crippen LogP contribution in [0, 0.1) is 0 Å². The quantitative estimate of drug-likeness (QED) is 0.432. The monoisotopic (exact) mass is 475 g/mol. The molecule has 1 aromatic rings. The van der Waals surface area contributed by atoms with Gasteiger partial charge in [0.25, 0.3) is 11.1 Å². The fraction of sp³-hybridized carbons (Fsp3) is 0.542. The standard InChI is InChI=1S/C24H33N3O5S/c1-26(18-8-6-4-5-7-9-18)16-22(28)25-12-13-27-23(29)21(33-24(27)30)15-17-10-11-19(31-2)20(14-17)32-3/h10-11,14-15,18H,4-9,12-13,16H2,1-3H3,(H,25,28). The Morgan fingerprint density at radius 2 is 1.85 bits per heavy atom. The Labute approximate surface area is 199 Å². The van der Waals surface area contributed by atoms with Gasteiger partial charge in [0.15, 0.2) is 11.5 Å². The fourth-order valence-electron chi connectivity index (χ4n) is 4.20. The molecule has 1 saturated carbocycles. The maximum atomic E-state index is 12.7. The van der Waals surface area contributed by atoms with Crippen LogP contribution in [0.2, 0.25) is 0 Å². The Morgan fingerprint density at radius 3 is 2.52 bits per heavy atom. The van der Waals surface area contributed by atoms with E-state index in [1.807, 2.05) is 7.05 Å². The lowest BCUT2D eigenvalue weighted by Gasteiger charge is -2.26. The number of likely N-dealkylation sites (N-methyl/N-ethyl adjacent to an activating group) is 1. The minimum atomic E-state index is -0.357. The first-order chi connectivity index (χ1) is 15.9. The predicted molar refractivity (Wildman–Crippen MR) is 129 cm³/mol. The van der Waals surface area contributed by atoms with Crippen LogP contribution in [0.4, 0.5) is 4.79 Å². The first kappa shape index (κ1) is 25.1. The highest BCUT2D eigenvalue weighted by Gasteiger charge is 2.34. The van der Waals surface area contributed by atoms with Crippen molar-refractivity contribution in [3.8, 4) is 11.5 Å². The van der Waals surface area contributed by atoms with Gasteiger partial charge in [0, 0.05) is 19.1 Å². The summed E-state index contributed by atoms with van der Waals surface area (Å²) < 4.78 is 10.5. The van der Waals surface area contributed by atoms with E-state index in [1.54, 1.807) is 31.4 Å². The largest absolute Gasteiger partial charge is 0.493 e. The molecule has 33 heavy (non-hydrogen) atoms. The molecule has 180 valence electrons. The SMILES string of the molecule is COc1ccc(C=C2SC(=O)N(CCNC(=O)CN(C)C3CCCCCC3)C2=O)cc1OC. The van der Waals surface area contributed by atoms with Crippen molar-refractivity contribution in [2.45, 2.75) is 44.6 Å². The molecular formula is C24H33N3O5S. The third-order valence-corrected chi connectivity index (χ3v) is 6.98. The van der Waals surface area contributed by atoms with Crippen LogP contribution in [0.25, 0.3) is 6.08 Å². The average molecular weight is 476 g/mol. The molecule has 2 aliphatic rings. The van der Waals surface area contributed by atoms with E-state index in [2.05, 4.69) is 10.2 Å². The molecule has 9 heteroatoms. The van der Waals surface area contributed by atoms with Crippen molar-refractivity contribution >= 4 is 34.9 Å². The summed E-state index contributed by atoms with van der Waals surface area (Å²) in [6, 6.07) is 5.73. The Kier molecular flexibility index (Phi) is 9.20. The van der Waals surface area contributed by atoms with Crippen LogP contribution in [0.3, 0.4) is 0 Å². The van der Waals surface area contributed by atoms with Crippen LogP contribution >= 0.6 is 11.8 Å². The zero-order chi connectivity index (χ0) is 23.8. The second kappa shape index (κ2) is 12.1. The highest BCUT2D eigenvalue weighted by Crippen LogP contribution is 2.34. The number of carbonyl (C=O) groups excluding carboxylic acids is 3. The summed E-state index contributed by atoms with van der Waals surface area (Å²) in [5, 5.41) is 2.51. The summed E-state index contributed by atoms with van der Waals surface area (Å²) in [4.78, 5) is 41.1. The van der Waals surface area contributed by atoms with Gasteiger partial charge in [0.2, 0.25) is 5.91 Å². The number of methoxy groups -OCH3 is 2. The molecule has 0 unspecified atom stereocenters. The Hall–Kier alpha value is -2.52. The molecule has 2 fully saturated rings. The molecule has 1 aliphatic carbocycles. The van der Waals surface area contributed by atoms with Gasteiger partial charge in [0.05, 0.1) is 25.7 Å². The van der Waals surface area contributed by atoms with Gasteiger partial charge in [-0.2, -0.15) is 0 Å². The molecule has 1 saturated heterocycles. The summed E-state index contributed by atoms with van der Waals surface area (Å²) in [5.74, 6) is 0.685. The highest BCUT2D eigenvalue weighted by atomic mass is 32.2. The van der Waals surface area contributed by atoms with Crippen molar-refractivity contribution < 1.29 is 23.9 Å². The lowest BCUT2D eigenvalue weighted by molar-refractivity contribution is -0.124. The smallest absolute Gasteiger partial charge is 0.293 e. The van der Waals surface area contributed by atoms with E-state index in [4.69, 9.17) is 9.47 Å². The number of nitrogens with one attached hydrogen (secondary N) is 1. The minimum Gasteiger partial charge on any atom is -0.493 e. The van der Waals surface area contributed by atoms with Crippen molar-refractivity contribution in [3.05, 3.63) is 28.7 Å². The van der Waals surface area contributed by atoms with Crippen LogP contribution in [0.5, 0.6) is 11.5 Å². The van der Waals surface area contributed by atoms with Crippen molar-refractivity contribution in [3.63, 3.8) is 0 Å². The van der Waals surface area contributed by atoms with E-state index in [1.165, 1.54) is 37.7 Å². The molecule has 0 bridgehead atoms. The lowest BCUT2D eigenvalue weighted by atomic mass is 10.1. The van der Waals surface area contributed by atoms with E-state index in [0.29, 0.717) is 29.0 Å². The number of rotatable bonds is 9. The number of carbonyl (C=O) groups is 3. The number of hydrogen-bond acceptors (Lipinski definition) is 7. The fourth-order valence-corrected chi connectivity index (χ4v) is 5.07. The van der Waals surface area contributed by atoms with Crippen LogP contribution in [0.1, 0.15) is 44.1 Å². The molecule has 3 amide bonds. The average Bonchev–Trinajstić information content (AvgIpc) is 2.98. The number of nitrogens with zero attached hydrogens (tertiary/aromatic N) is 2. The van der Waals surface area contributed by atoms with Crippen molar-refractivity contribution in [2.75, 3.05) is 40.9 Å². The maximum Gasteiger partial charge on any atom is 0.293 e. The molecule has 0 atom stereocenters. The summed E-state index contributed by atoms with van der Waals surface area (Å²) in [6.07, 6.45) is 8.90. The molecule has 1 aliphatic heterocycles. The van der Waals surface area contributed by atoms with Gasteiger partial charge in [-0.1, -0.05) is 31.7 Å². The molecule has 0 radical (unpaired) electrons. The van der Waals surface area contributed by atoms with Gasteiger partial charge in [-0.15, -0.1) is 0 Å². The Balaban J connectivity index is 1.50. The molecular weight excluding hydrogens is 442 g/mol. The van der Waals surface area contributed by atoms with Crippen molar-refractivity contribution in [1.82, 2.24) is 15.1 Å². The summed E-state index contributed by atoms with van der Waals surface area (Å²) in [6.45, 7) is 0.706. The third kappa shape index (κ3) is 6.74. The first-order valence-electron chi connectivity index (χ1n) is 11.4. The van der Waals surface area contributed by atoms with E-state index >= 15 is 0 Å². The zero-order valence-corrected chi connectivity index (χ0v) is 20.4. The predicted octanol–water partition coefficient (Wildman–Crippen LogP) is 3.51. The number of amides is 3. The van der Waals surface area contributed by atoms with Crippen molar-refractivity contribution in [1.29, 1.82) is 0 Å². The van der Waals surface area contributed by atoms with Gasteiger partial charge in [-0.25, -0.2) is 0 Å². The minimum absolute atomic E-state index is 0.0883. The summed E-state index contributed by atoms with van der Waals surface area (Å²) in [5.41, 5.74) is 0.730. The number of imide groups is 1. The van der Waals surface area contributed by atoms with Crippen molar-refractivity contribution in [2.24, 2.45) is 0 Å². The number of ether oxygens (including phenoxy) is 2. The van der Waals surface area contributed by atoms with E-state index in [-0.39, 0.29) is 30.1 Å². The highest BCUT2D eigenvalue weighted by molar-refractivity contribution is 8.18. The maximum absolute atomic E-state index is 12.7. The van der Waals surface area contributed by atoms with Crippen LogP contribution in [-0.2, 0) is 9.59 Å². The molecule has 1 heterocycles. The van der Waals surface area contributed by atoms with Gasteiger partial charge >= 0.3 is 0 Å². The number of hydrogen-bond donors (Lipinski definition) is 1. The van der Waals surface area contributed by atoms with Gasteiger partial charge in [-0.3, -0.25) is 24.2 Å². The summed E-state index contributed by atoms with van der Waals surface area (Å²) in [7, 11) is 5.08. The Bertz CT molecular complexity index is 896. The molecule has 1 N–H and O–H groups in total. The van der Waals surface area contributed by atoms with Crippen LogP contribution in [0.15, 0.2) is 23.1 Å². The molecule has 1 aromatic carbocycles. The van der Waals surface area contributed by atoms with Gasteiger partial charge < -0.3 is 14.8 Å². The summed E-state index contributed by atoms with van der Waals surface area (Å²) >= 11 is 0.896. The molecule has 8 nitrogen and oxygen atoms in total. The molecule has 0 aromatic heterocycles. The second-order valence-electron chi connectivity index (χ2n) is 8.36. The molecule has 3 rings (SSSR count).